The van der Waals surface area contributed by atoms with E-state index in [0.717, 1.165) is 28.6 Å². The summed E-state index contributed by atoms with van der Waals surface area (Å²) in [4.78, 5) is 15.4. The van der Waals surface area contributed by atoms with Crippen LogP contribution in [-0.2, 0) is 6.42 Å². The van der Waals surface area contributed by atoms with Crippen molar-refractivity contribution in [1.82, 2.24) is 4.98 Å². The van der Waals surface area contributed by atoms with Crippen LogP contribution in [0.2, 0.25) is 0 Å². The van der Waals surface area contributed by atoms with Gasteiger partial charge in [-0.2, -0.15) is 0 Å². The number of carbonyl (C=O) groups is 1. The maximum atomic E-state index is 14.0. The van der Waals surface area contributed by atoms with Gasteiger partial charge in [0.2, 0.25) is 0 Å². The van der Waals surface area contributed by atoms with Crippen LogP contribution in [0.5, 0.6) is 5.75 Å². The largest absolute Gasteiger partial charge is 0.490 e. The van der Waals surface area contributed by atoms with Crippen LogP contribution in [0.1, 0.15) is 15.9 Å². The summed E-state index contributed by atoms with van der Waals surface area (Å²) < 4.78 is 32.8. The van der Waals surface area contributed by atoms with Crippen LogP contribution in [0.25, 0.3) is 10.9 Å². The number of carbonyl (C=O) groups excluding carboxylic acids is 1. The van der Waals surface area contributed by atoms with Gasteiger partial charge in [0.1, 0.15) is 11.4 Å². The molecular weight excluding hydrogens is 314 g/mol. The van der Waals surface area contributed by atoms with E-state index >= 15 is 0 Å². The Morgan fingerprint density at radius 3 is 2.79 bits per heavy atom. The standard InChI is InChI=1S/C18H14F2N2O2/c19-13-5-6-15(17(20)16(13)18(21)23)24-9-7-11-3-4-12-2-1-8-22-14(12)10-11/h1-6,8,10H,7,9H2,(H2,21,23). The molecule has 0 aliphatic carbocycles. The molecule has 1 amide bonds. The number of fused-ring (bicyclic) bond motifs is 1. The highest BCUT2D eigenvalue weighted by atomic mass is 19.1. The molecule has 2 aromatic carbocycles. The van der Waals surface area contributed by atoms with Crippen LogP contribution in [-0.4, -0.2) is 17.5 Å². The summed E-state index contributed by atoms with van der Waals surface area (Å²) >= 11 is 0. The smallest absolute Gasteiger partial charge is 0.254 e. The zero-order chi connectivity index (χ0) is 17.1. The van der Waals surface area contributed by atoms with Crippen LogP contribution in [0.4, 0.5) is 8.78 Å². The molecule has 0 unspecified atom stereocenters. The lowest BCUT2D eigenvalue weighted by molar-refractivity contribution is 0.0991. The molecule has 0 atom stereocenters. The number of rotatable bonds is 5. The van der Waals surface area contributed by atoms with Crippen molar-refractivity contribution >= 4 is 16.8 Å². The van der Waals surface area contributed by atoms with E-state index in [4.69, 9.17) is 10.5 Å². The molecule has 4 nitrogen and oxygen atoms in total. The highest BCUT2D eigenvalue weighted by Gasteiger charge is 2.19. The number of aromatic nitrogens is 1. The summed E-state index contributed by atoms with van der Waals surface area (Å²) in [6, 6.07) is 11.7. The predicted octanol–water partition coefficient (Wildman–Crippen LogP) is 3.23. The van der Waals surface area contributed by atoms with Crippen LogP contribution in [0.15, 0.2) is 48.7 Å². The maximum absolute atomic E-state index is 14.0. The minimum Gasteiger partial charge on any atom is -0.490 e. The molecule has 3 rings (SSSR count). The molecule has 1 heterocycles. The zero-order valence-corrected chi connectivity index (χ0v) is 12.6. The fourth-order valence-electron chi connectivity index (χ4n) is 2.42. The molecule has 122 valence electrons. The van der Waals surface area contributed by atoms with E-state index in [1.54, 1.807) is 6.20 Å². The van der Waals surface area contributed by atoms with Crippen molar-refractivity contribution < 1.29 is 18.3 Å². The number of amides is 1. The number of nitrogens with two attached hydrogens (primary N) is 1. The molecule has 3 aromatic rings. The van der Waals surface area contributed by atoms with Crippen LogP contribution in [0, 0.1) is 11.6 Å². The van der Waals surface area contributed by atoms with Gasteiger partial charge in [0.15, 0.2) is 11.6 Å². The molecule has 0 fully saturated rings. The third-order valence-corrected chi connectivity index (χ3v) is 3.62. The van der Waals surface area contributed by atoms with Crippen molar-refractivity contribution in [2.75, 3.05) is 6.61 Å². The number of pyridine rings is 1. The lowest BCUT2D eigenvalue weighted by Gasteiger charge is -2.10. The number of halogens is 2. The Balaban J connectivity index is 1.72. The van der Waals surface area contributed by atoms with E-state index in [1.165, 1.54) is 0 Å². The van der Waals surface area contributed by atoms with Crippen molar-refractivity contribution in [2.45, 2.75) is 6.42 Å². The van der Waals surface area contributed by atoms with E-state index in [1.807, 2.05) is 30.3 Å². The van der Waals surface area contributed by atoms with E-state index < -0.39 is 23.1 Å². The SMILES string of the molecule is NC(=O)c1c(F)ccc(OCCc2ccc3cccnc3c2)c1F. The van der Waals surface area contributed by atoms with Gasteiger partial charge in [-0.3, -0.25) is 9.78 Å². The molecule has 0 aliphatic heterocycles. The second-order valence-electron chi connectivity index (χ2n) is 5.23. The van der Waals surface area contributed by atoms with Gasteiger partial charge in [-0.25, -0.2) is 8.78 Å². The molecule has 0 saturated carbocycles. The molecule has 6 heteroatoms. The molecule has 0 bridgehead atoms. The molecule has 0 radical (unpaired) electrons. The third-order valence-electron chi connectivity index (χ3n) is 3.62. The zero-order valence-electron chi connectivity index (χ0n) is 12.6. The number of nitrogens with zero attached hydrogens (tertiary/aromatic N) is 1. The molecule has 24 heavy (non-hydrogen) atoms. The molecule has 1 aromatic heterocycles. The van der Waals surface area contributed by atoms with Gasteiger partial charge >= 0.3 is 0 Å². The Bertz CT molecular complexity index is 913. The summed E-state index contributed by atoms with van der Waals surface area (Å²) in [5, 5.41) is 1.03. The fourth-order valence-corrected chi connectivity index (χ4v) is 2.42. The monoisotopic (exact) mass is 328 g/mol. The first-order valence-electron chi connectivity index (χ1n) is 7.30. The Hall–Kier alpha value is -3.02. The highest BCUT2D eigenvalue weighted by Crippen LogP contribution is 2.23. The second kappa shape index (κ2) is 6.62. The Morgan fingerprint density at radius 2 is 2.00 bits per heavy atom. The first-order valence-corrected chi connectivity index (χ1v) is 7.30. The second-order valence-corrected chi connectivity index (χ2v) is 5.23. The van der Waals surface area contributed by atoms with Crippen molar-refractivity contribution in [2.24, 2.45) is 5.73 Å². The van der Waals surface area contributed by atoms with Crippen molar-refractivity contribution in [3.8, 4) is 5.75 Å². The van der Waals surface area contributed by atoms with Gasteiger partial charge in [-0.1, -0.05) is 18.2 Å². The van der Waals surface area contributed by atoms with Crippen LogP contribution in [0.3, 0.4) is 0 Å². The predicted molar refractivity (Wildman–Crippen MR) is 85.8 cm³/mol. The van der Waals surface area contributed by atoms with Gasteiger partial charge in [0, 0.05) is 18.0 Å². The summed E-state index contributed by atoms with van der Waals surface area (Å²) in [5.74, 6) is -3.46. The summed E-state index contributed by atoms with van der Waals surface area (Å²) in [5.41, 5.74) is 6.02. The summed E-state index contributed by atoms with van der Waals surface area (Å²) in [6.45, 7) is 0.166. The number of hydrogen-bond donors (Lipinski definition) is 1. The summed E-state index contributed by atoms with van der Waals surface area (Å²) in [7, 11) is 0. The number of primary amides is 1. The van der Waals surface area contributed by atoms with Crippen LogP contribution < -0.4 is 10.5 Å². The normalized spacial score (nSPS) is 10.8. The van der Waals surface area contributed by atoms with E-state index in [-0.39, 0.29) is 12.4 Å². The summed E-state index contributed by atoms with van der Waals surface area (Å²) in [6.07, 6.45) is 2.22. The quantitative estimate of drug-likeness (QED) is 0.782. The Labute approximate surface area is 136 Å². The maximum Gasteiger partial charge on any atom is 0.254 e. The average Bonchev–Trinajstić information content (AvgIpc) is 2.56. The van der Waals surface area contributed by atoms with Gasteiger partial charge in [0.25, 0.3) is 5.91 Å². The Kier molecular flexibility index (Phi) is 4.37. The topological polar surface area (TPSA) is 65.2 Å². The number of hydrogen-bond acceptors (Lipinski definition) is 3. The lowest BCUT2D eigenvalue weighted by Crippen LogP contribution is -2.16. The van der Waals surface area contributed by atoms with Crippen molar-refractivity contribution in [3.63, 3.8) is 0 Å². The van der Waals surface area contributed by atoms with Gasteiger partial charge < -0.3 is 10.5 Å². The molecular formula is C18H14F2N2O2. The first-order chi connectivity index (χ1) is 11.6. The van der Waals surface area contributed by atoms with E-state index in [0.29, 0.717) is 6.42 Å². The average molecular weight is 328 g/mol. The minimum atomic E-state index is -1.17. The van der Waals surface area contributed by atoms with Gasteiger partial charge in [0.05, 0.1) is 12.1 Å². The van der Waals surface area contributed by atoms with Crippen molar-refractivity contribution in [1.29, 1.82) is 0 Å². The Morgan fingerprint density at radius 1 is 1.17 bits per heavy atom. The molecule has 0 aliphatic rings. The lowest BCUT2D eigenvalue weighted by atomic mass is 10.1. The number of benzene rings is 2. The molecule has 0 saturated heterocycles. The highest BCUT2D eigenvalue weighted by molar-refractivity contribution is 5.93. The van der Waals surface area contributed by atoms with Gasteiger partial charge in [-0.15, -0.1) is 0 Å². The van der Waals surface area contributed by atoms with E-state index in [9.17, 15) is 13.6 Å². The fraction of sp³-hybridized carbons (Fsp3) is 0.111. The van der Waals surface area contributed by atoms with Gasteiger partial charge in [-0.05, 0) is 29.8 Å². The molecule has 0 spiro atoms. The third kappa shape index (κ3) is 3.17. The number of ether oxygens (including phenoxy) is 1. The molecule has 2 N–H and O–H groups in total. The van der Waals surface area contributed by atoms with Crippen LogP contribution >= 0.6 is 0 Å². The van der Waals surface area contributed by atoms with Crippen molar-refractivity contribution in [3.05, 3.63) is 71.4 Å². The van der Waals surface area contributed by atoms with E-state index in [2.05, 4.69) is 4.98 Å². The first kappa shape index (κ1) is 15.9. The minimum absolute atomic E-state index is 0.166.